The maximum Gasteiger partial charge on any atom is 0.251 e. The van der Waals surface area contributed by atoms with Gasteiger partial charge in [-0.2, -0.15) is 4.31 Å². The number of ether oxygens (including phenoxy) is 2. The summed E-state index contributed by atoms with van der Waals surface area (Å²) in [4.78, 5) is 12.9. The van der Waals surface area contributed by atoms with Crippen molar-refractivity contribution in [2.75, 3.05) is 33.4 Å². The Morgan fingerprint density at radius 3 is 2.34 bits per heavy atom. The zero-order valence-corrected chi connectivity index (χ0v) is 19.9. The monoisotopic (exact) mass is 460 g/mol. The molecule has 1 saturated heterocycles. The predicted octanol–water partition coefficient (Wildman–Crippen LogP) is 3.41. The van der Waals surface area contributed by atoms with Crippen molar-refractivity contribution in [3.05, 3.63) is 59.2 Å². The van der Waals surface area contributed by atoms with Gasteiger partial charge in [-0.05, 0) is 48.6 Å². The van der Waals surface area contributed by atoms with E-state index in [2.05, 4.69) is 31.3 Å². The number of nitrogens with zero attached hydrogens (tertiary/aromatic N) is 1. The van der Waals surface area contributed by atoms with Crippen molar-refractivity contribution in [1.29, 1.82) is 0 Å². The molecule has 0 spiro atoms. The number of morpholine rings is 1. The third-order valence-corrected chi connectivity index (χ3v) is 7.40. The fourth-order valence-electron chi connectivity index (χ4n) is 3.72. The van der Waals surface area contributed by atoms with Crippen LogP contribution >= 0.6 is 0 Å². The minimum Gasteiger partial charge on any atom is -0.495 e. The predicted molar refractivity (Wildman–Crippen MR) is 123 cm³/mol. The van der Waals surface area contributed by atoms with Crippen molar-refractivity contribution in [2.45, 2.75) is 38.1 Å². The number of nitrogens with one attached hydrogen (secondary N) is 1. The lowest BCUT2D eigenvalue weighted by Gasteiger charge is -2.26. The van der Waals surface area contributed by atoms with Gasteiger partial charge in [0.15, 0.2) is 0 Å². The number of amides is 1. The molecule has 1 unspecified atom stereocenters. The molecule has 1 fully saturated rings. The maximum absolute atomic E-state index is 13.2. The van der Waals surface area contributed by atoms with E-state index in [1.807, 2.05) is 19.1 Å². The van der Waals surface area contributed by atoms with Crippen LogP contribution in [0.2, 0.25) is 0 Å². The topological polar surface area (TPSA) is 84.9 Å². The van der Waals surface area contributed by atoms with Crippen molar-refractivity contribution in [2.24, 2.45) is 5.92 Å². The fraction of sp³-hybridized carbons (Fsp3) is 0.458. The van der Waals surface area contributed by atoms with Gasteiger partial charge >= 0.3 is 0 Å². The lowest BCUT2D eigenvalue weighted by atomic mass is 10.00. The first-order chi connectivity index (χ1) is 15.2. The third-order valence-electron chi connectivity index (χ3n) is 5.48. The molecule has 0 aliphatic carbocycles. The Kier molecular flexibility index (Phi) is 7.92. The second-order valence-electron chi connectivity index (χ2n) is 8.42. The molecule has 7 nitrogen and oxygen atoms in total. The summed E-state index contributed by atoms with van der Waals surface area (Å²) in [5.41, 5.74) is 2.51. The first kappa shape index (κ1) is 24.2. The van der Waals surface area contributed by atoms with Crippen molar-refractivity contribution in [3.63, 3.8) is 0 Å². The van der Waals surface area contributed by atoms with Crippen LogP contribution in [0.25, 0.3) is 0 Å². The van der Waals surface area contributed by atoms with E-state index in [0.717, 1.165) is 12.0 Å². The van der Waals surface area contributed by atoms with E-state index in [1.54, 1.807) is 6.07 Å². The minimum absolute atomic E-state index is 0.0137. The molecular weight excluding hydrogens is 428 g/mol. The number of hydrogen-bond acceptors (Lipinski definition) is 5. The van der Waals surface area contributed by atoms with Gasteiger partial charge in [-0.3, -0.25) is 4.79 Å². The van der Waals surface area contributed by atoms with E-state index < -0.39 is 10.0 Å². The van der Waals surface area contributed by atoms with Gasteiger partial charge in [-0.25, -0.2) is 8.42 Å². The highest BCUT2D eigenvalue weighted by atomic mass is 32.2. The van der Waals surface area contributed by atoms with Crippen LogP contribution in [0, 0.1) is 5.92 Å². The Balaban J connectivity index is 1.78. The van der Waals surface area contributed by atoms with Crippen molar-refractivity contribution in [3.8, 4) is 5.75 Å². The van der Waals surface area contributed by atoms with E-state index >= 15 is 0 Å². The average molecular weight is 461 g/mol. The molecule has 1 aliphatic heterocycles. The quantitative estimate of drug-likeness (QED) is 0.653. The van der Waals surface area contributed by atoms with Gasteiger partial charge in [0, 0.05) is 18.7 Å². The summed E-state index contributed by atoms with van der Waals surface area (Å²) in [5.74, 6) is 0.447. The molecule has 1 heterocycles. The number of hydrogen-bond donors (Lipinski definition) is 1. The Bertz CT molecular complexity index is 1030. The molecule has 2 aromatic rings. The SMILES string of the molecule is COc1ccc(C(=O)NC(C)c2ccc(CC(C)C)cc2)cc1S(=O)(=O)N1CCOCC1. The third kappa shape index (κ3) is 5.68. The first-order valence-corrected chi connectivity index (χ1v) is 12.3. The maximum atomic E-state index is 13.2. The van der Waals surface area contributed by atoms with Crippen LogP contribution in [0.1, 0.15) is 48.3 Å². The zero-order chi connectivity index (χ0) is 23.3. The number of methoxy groups -OCH3 is 1. The Labute approximate surface area is 190 Å². The normalized spacial score (nSPS) is 16.0. The van der Waals surface area contributed by atoms with Crippen LogP contribution < -0.4 is 10.1 Å². The highest BCUT2D eigenvalue weighted by Crippen LogP contribution is 2.29. The van der Waals surface area contributed by atoms with E-state index in [1.165, 1.54) is 29.1 Å². The average Bonchev–Trinajstić information content (AvgIpc) is 2.79. The molecule has 8 heteroatoms. The summed E-state index contributed by atoms with van der Waals surface area (Å²) in [6, 6.07) is 12.5. The molecule has 0 saturated carbocycles. The molecule has 1 aliphatic rings. The molecule has 1 N–H and O–H groups in total. The summed E-state index contributed by atoms with van der Waals surface area (Å²) < 4.78 is 38.2. The smallest absolute Gasteiger partial charge is 0.251 e. The van der Waals surface area contributed by atoms with E-state index in [4.69, 9.17) is 9.47 Å². The van der Waals surface area contributed by atoms with Gasteiger partial charge < -0.3 is 14.8 Å². The van der Waals surface area contributed by atoms with Gasteiger partial charge in [-0.15, -0.1) is 0 Å². The molecule has 0 bridgehead atoms. The minimum atomic E-state index is -3.81. The number of carbonyl (C=O) groups is 1. The molecular formula is C24H32N2O5S. The number of carbonyl (C=O) groups excluding carboxylic acids is 1. The summed E-state index contributed by atoms with van der Waals surface area (Å²) in [7, 11) is -2.39. The summed E-state index contributed by atoms with van der Waals surface area (Å²) in [6.45, 7) is 7.49. The lowest BCUT2D eigenvalue weighted by molar-refractivity contribution is 0.0729. The van der Waals surface area contributed by atoms with Crippen LogP contribution in [-0.2, 0) is 21.2 Å². The largest absolute Gasteiger partial charge is 0.495 e. The van der Waals surface area contributed by atoms with Crippen molar-refractivity contribution in [1.82, 2.24) is 9.62 Å². The van der Waals surface area contributed by atoms with Crippen LogP contribution in [0.4, 0.5) is 0 Å². The van der Waals surface area contributed by atoms with Crippen LogP contribution in [0.3, 0.4) is 0 Å². The van der Waals surface area contributed by atoms with Gasteiger partial charge in [0.2, 0.25) is 10.0 Å². The summed E-state index contributed by atoms with van der Waals surface area (Å²) >= 11 is 0. The molecule has 32 heavy (non-hydrogen) atoms. The van der Waals surface area contributed by atoms with E-state index in [9.17, 15) is 13.2 Å². The molecule has 0 radical (unpaired) electrons. The van der Waals surface area contributed by atoms with Gasteiger partial charge in [0.1, 0.15) is 10.6 Å². The Morgan fingerprint density at radius 2 is 1.75 bits per heavy atom. The van der Waals surface area contributed by atoms with Gasteiger partial charge in [-0.1, -0.05) is 38.1 Å². The molecule has 3 rings (SSSR count). The van der Waals surface area contributed by atoms with Gasteiger partial charge in [0.25, 0.3) is 5.91 Å². The van der Waals surface area contributed by atoms with Crippen LogP contribution in [-0.4, -0.2) is 52.0 Å². The zero-order valence-electron chi connectivity index (χ0n) is 19.1. The van der Waals surface area contributed by atoms with Crippen molar-refractivity contribution < 1.29 is 22.7 Å². The fourth-order valence-corrected chi connectivity index (χ4v) is 5.31. The Morgan fingerprint density at radius 1 is 1.09 bits per heavy atom. The first-order valence-electron chi connectivity index (χ1n) is 10.9. The molecule has 1 atom stereocenters. The molecule has 2 aromatic carbocycles. The summed E-state index contributed by atoms with van der Waals surface area (Å²) in [6.07, 6.45) is 1.01. The highest BCUT2D eigenvalue weighted by Gasteiger charge is 2.30. The van der Waals surface area contributed by atoms with Crippen LogP contribution in [0.15, 0.2) is 47.4 Å². The number of benzene rings is 2. The molecule has 0 aromatic heterocycles. The van der Waals surface area contributed by atoms with Crippen molar-refractivity contribution >= 4 is 15.9 Å². The number of rotatable bonds is 8. The standard InChI is InChI=1S/C24H32N2O5S/c1-17(2)15-19-5-7-20(8-6-19)18(3)25-24(27)21-9-10-22(30-4)23(16-21)32(28,29)26-11-13-31-14-12-26/h5-10,16-18H,11-15H2,1-4H3,(H,25,27). The summed E-state index contributed by atoms with van der Waals surface area (Å²) in [5, 5.41) is 2.96. The molecule has 174 valence electrons. The Hall–Kier alpha value is -2.42. The van der Waals surface area contributed by atoms with E-state index in [0.29, 0.717) is 19.1 Å². The highest BCUT2D eigenvalue weighted by molar-refractivity contribution is 7.89. The second kappa shape index (κ2) is 10.5. The van der Waals surface area contributed by atoms with Gasteiger partial charge in [0.05, 0.1) is 26.4 Å². The van der Waals surface area contributed by atoms with E-state index in [-0.39, 0.29) is 41.2 Å². The second-order valence-corrected chi connectivity index (χ2v) is 10.3. The van der Waals surface area contributed by atoms with Crippen LogP contribution in [0.5, 0.6) is 5.75 Å². The molecule has 1 amide bonds. The number of sulfonamides is 1. The lowest BCUT2D eigenvalue weighted by Crippen LogP contribution is -2.40.